The van der Waals surface area contributed by atoms with E-state index in [0.29, 0.717) is 12.0 Å². The first-order valence-electron chi connectivity index (χ1n) is 10.5. The van der Waals surface area contributed by atoms with E-state index in [2.05, 4.69) is 5.16 Å². The first kappa shape index (κ1) is 25.7. The van der Waals surface area contributed by atoms with E-state index in [9.17, 15) is 27.1 Å². The van der Waals surface area contributed by atoms with Crippen molar-refractivity contribution in [1.29, 1.82) is 0 Å². The fraction of sp³-hybridized carbons (Fsp3) is 0.391. The molecule has 0 fully saturated rings. The average Bonchev–Trinajstić information content (AvgIpc) is 3.21. The number of halogens is 2. The maximum atomic E-state index is 14.9. The van der Waals surface area contributed by atoms with Gasteiger partial charge in [0, 0.05) is 24.7 Å². The van der Waals surface area contributed by atoms with E-state index in [1.807, 2.05) is 0 Å². The minimum atomic E-state index is -3.94. The first-order valence-corrected chi connectivity index (χ1v) is 12.4. The zero-order chi connectivity index (χ0) is 25.3. The van der Waals surface area contributed by atoms with E-state index < -0.39 is 44.3 Å². The van der Waals surface area contributed by atoms with Crippen molar-refractivity contribution in [2.24, 2.45) is 5.16 Å². The van der Waals surface area contributed by atoms with Crippen LogP contribution in [0.5, 0.6) is 0 Å². The summed E-state index contributed by atoms with van der Waals surface area (Å²) in [5.74, 6) is -2.75. The lowest BCUT2D eigenvalue weighted by atomic mass is 9.95. The summed E-state index contributed by atoms with van der Waals surface area (Å²) in [6.45, 7) is 2.80. The monoisotopic (exact) mass is 496 g/mol. The molecule has 2 aromatic carbocycles. The molecule has 1 unspecified atom stereocenters. The van der Waals surface area contributed by atoms with Crippen LogP contribution in [0.1, 0.15) is 37.8 Å². The predicted octanol–water partition coefficient (Wildman–Crippen LogP) is 2.75. The number of hydrogen-bond acceptors (Lipinski definition) is 7. The number of hydroxylamine groups is 1. The summed E-state index contributed by atoms with van der Waals surface area (Å²) >= 11 is 0. The Balaban J connectivity index is 1.80. The minimum Gasteiger partial charge on any atom is -0.393 e. The third-order valence-electron chi connectivity index (χ3n) is 5.90. The van der Waals surface area contributed by atoms with Crippen molar-refractivity contribution in [3.05, 3.63) is 59.2 Å². The van der Waals surface area contributed by atoms with Crippen LogP contribution in [0.25, 0.3) is 11.1 Å². The third kappa shape index (κ3) is 5.26. The molecule has 1 aliphatic rings. The molecule has 184 valence electrons. The fourth-order valence-corrected chi connectivity index (χ4v) is 4.71. The number of oxime groups is 1. The summed E-state index contributed by atoms with van der Waals surface area (Å²) in [5.41, 5.74) is 2.62. The van der Waals surface area contributed by atoms with E-state index in [1.165, 1.54) is 5.48 Å². The summed E-state index contributed by atoms with van der Waals surface area (Å²) < 4.78 is 52.1. The van der Waals surface area contributed by atoms with Gasteiger partial charge in [-0.1, -0.05) is 29.4 Å². The Labute approximate surface area is 196 Å². The molecule has 3 atom stereocenters. The van der Waals surface area contributed by atoms with Crippen LogP contribution in [0.3, 0.4) is 0 Å². The molecular formula is C23H26F2N2O6S. The van der Waals surface area contributed by atoms with E-state index in [-0.39, 0.29) is 29.7 Å². The van der Waals surface area contributed by atoms with Gasteiger partial charge in [0.05, 0.1) is 17.4 Å². The van der Waals surface area contributed by atoms with Crippen LogP contribution >= 0.6 is 0 Å². The SMILES string of the molecule is C[C@@H](O)Cc1ccc(-c2c(F)cc(C3=NO[C@@H](CC(C)(C(=O)NO)S(C)(=O)=O)C3)cc2F)cc1. The number of carbonyl (C=O) groups excluding carboxylic acids is 1. The molecular weight excluding hydrogens is 470 g/mol. The van der Waals surface area contributed by atoms with Gasteiger partial charge in [-0.05, 0) is 43.5 Å². The molecule has 3 rings (SSSR count). The number of rotatable bonds is 8. The Bertz CT molecular complexity index is 1190. The smallest absolute Gasteiger partial charge is 0.264 e. The van der Waals surface area contributed by atoms with Gasteiger partial charge in [-0.2, -0.15) is 0 Å². The average molecular weight is 497 g/mol. The molecule has 1 amide bonds. The summed E-state index contributed by atoms with van der Waals surface area (Å²) in [7, 11) is -3.94. The maximum absolute atomic E-state index is 14.9. The van der Waals surface area contributed by atoms with Crippen molar-refractivity contribution in [1.82, 2.24) is 5.48 Å². The Kier molecular flexibility index (Phi) is 7.39. The number of carbonyl (C=O) groups is 1. The van der Waals surface area contributed by atoms with Gasteiger partial charge in [0.1, 0.15) is 17.7 Å². The fourth-order valence-electron chi connectivity index (χ4n) is 3.84. The Hall–Kier alpha value is -2.89. The Morgan fingerprint density at radius 2 is 1.82 bits per heavy atom. The molecule has 0 radical (unpaired) electrons. The standard InChI is InChI=1S/C23H26F2N2O6S/c1-13(28)8-14-4-6-15(7-5-14)21-18(24)9-16(10-19(21)25)20-11-17(33-27-20)12-23(2,22(29)26-30)34(3,31)32/h4-7,9-10,13,17,28,30H,8,11-12H2,1-3H3,(H,26,29)/t13-,17-,23?/m1/s1. The van der Waals surface area contributed by atoms with Crippen LogP contribution in [-0.4, -0.2) is 53.6 Å². The molecule has 0 aliphatic carbocycles. The highest BCUT2D eigenvalue weighted by Crippen LogP contribution is 2.32. The van der Waals surface area contributed by atoms with E-state index in [4.69, 9.17) is 10.0 Å². The second-order valence-electron chi connectivity index (χ2n) is 8.68. The van der Waals surface area contributed by atoms with Crippen LogP contribution < -0.4 is 5.48 Å². The van der Waals surface area contributed by atoms with Crippen molar-refractivity contribution in [2.45, 2.75) is 50.1 Å². The number of nitrogens with zero attached hydrogens (tertiary/aromatic N) is 1. The number of amides is 1. The van der Waals surface area contributed by atoms with Crippen LogP contribution in [0.2, 0.25) is 0 Å². The zero-order valence-electron chi connectivity index (χ0n) is 18.9. The van der Waals surface area contributed by atoms with Crippen LogP contribution in [0.4, 0.5) is 8.78 Å². The molecule has 1 heterocycles. The van der Waals surface area contributed by atoms with Gasteiger partial charge in [-0.15, -0.1) is 0 Å². The summed E-state index contributed by atoms with van der Waals surface area (Å²) in [6.07, 6.45) is -0.434. The van der Waals surface area contributed by atoms with Gasteiger partial charge >= 0.3 is 0 Å². The number of aliphatic hydroxyl groups is 1. The van der Waals surface area contributed by atoms with Crippen molar-refractivity contribution in [3.8, 4) is 11.1 Å². The van der Waals surface area contributed by atoms with Crippen molar-refractivity contribution >= 4 is 21.5 Å². The van der Waals surface area contributed by atoms with Crippen molar-refractivity contribution < 1.29 is 37.1 Å². The molecule has 0 saturated carbocycles. The van der Waals surface area contributed by atoms with Crippen molar-refractivity contribution in [3.63, 3.8) is 0 Å². The number of sulfone groups is 1. The first-order chi connectivity index (χ1) is 15.9. The molecule has 3 N–H and O–H groups in total. The van der Waals surface area contributed by atoms with Gasteiger partial charge in [-0.25, -0.2) is 22.7 Å². The highest BCUT2D eigenvalue weighted by molar-refractivity contribution is 7.92. The predicted molar refractivity (Wildman–Crippen MR) is 121 cm³/mol. The molecule has 0 saturated heterocycles. The van der Waals surface area contributed by atoms with E-state index in [1.54, 1.807) is 31.2 Å². The quantitative estimate of drug-likeness (QED) is 0.381. The number of benzene rings is 2. The molecule has 0 bridgehead atoms. The Morgan fingerprint density at radius 1 is 1.24 bits per heavy atom. The zero-order valence-corrected chi connectivity index (χ0v) is 19.7. The summed E-state index contributed by atoms with van der Waals surface area (Å²) in [5, 5.41) is 22.3. The molecule has 2 aromatic rings. The van der Waals surface area contributed by atoms with E-state index >= 15 is 0 Å². The topological polar surface area (TPSA) is 125 Å². The molecule has 0 aromatic heterocycles. The van der Waals surface area contributed by atoms with E-state index in [0.717, 1.165) is 30.9 Å². The number of nitrogens with one attached hydrogen (secondary N) is 1. The molecule has 11 heteroatoms. The molecule has 34 heavy (non-hydrogen) atoms. The van der Waals surface area contributed by atoms with Gasteiger partial charge < -0.3 is 9.94 Å². The Morgan fingerprint density at radius 3 is 2.32 bits per heavy atom. The molecule has 0 spiro atoms. The van der Waals surface area contributed by atoms with Crippen LogP contribution in [0, 0.1) is 11.6 Å². The third-order valence-corrected chi connectivity index (χ3v) is 7.89. The van der Waals surface area contributed by atoms with Gasteiger partial charge in [0.15, 0.2) is 14.6 Å². The van der Waals surface area contributed by atoms with Gasteiger partial charge in [0.25, 0.3) is 5.91 Å². The second kappa shape index (κ2) is 9.77. The highest BCUT2D eigenvalue weighted by Gasteiger charge is 2.47. The minimum absolute atomic E-state index is 0.0100. The lowest BCUT2D eigenvalue weighted by Gasteiger charge is -2.26. The number of hydrogen-bond donors (Lipinski definition) is 3. The normalized spacial score (nSPS) is 18.6. The maximum Gasteiger partial charge on any atom is 0.264 e. The van der Waals surface area contributed by atoms with Gasteiger partial charge in [0.2, 0.25) is 0 Å². The summed E-state index contributed by atoms with van der Waals surface area (Å²) in [6, 6.07) is 8.75. The lowest BCUT2D eigenvalue weighted by molar-refractivity contribution is -0.132. The summed E-state index contributed by atoms with van der Waals surface area (Å²) in [4.78, 5) is 17.3. The molecule has 8 nitrogen and oxygen atoms in total. The van der Waals surface area contributed by atoms with Gasteiger partial charge in [-0.3, -0.25) is 10.0 Å². The largest absolute Gasteiger partial charge is 0.393 e. The lowest BCUT2D eigenvalue weighted by Crippen LogP contribution is -2.51. The second-order valence-corrected chi connectivity index (χ2v) is 11.1. The highest BCUT2D eigenvalue weighted by atomic mass is 32.2. The number of aliphatic hydroxyl groups excluding tert-OH is 1. The van der Waals surface area contributed by atoms with Crippen molar-refractivity contribution in [2.75, 3.05) is 6.26 Å². The molecule has 1 aliphatic heterocycles. The van der Waals surface area contributed by atoms with Crippen LogP contribution in [-0.2, 0) is 25.9 Å². The van der Waals surface area contributed by atoms with Crippen LogP contribution in [0.15, 0.2) is 41.6 Å².